The maximum Gasteiger partial charge on any atom is 0.340 e. The van der Waals surface area contributed by atoms with E-state index in [1.54, 1.807) is 18.2 Å². The second kappa shape index (κ2) is 4.86. The van der Waals surface area contributed by atoms with Gasteiger partial charge >= 0.3 is 5.97 Å². The van der Waals surface area contributed by atoms with Crippen LogP contribution in [0.2, 0.25) is 5.02 Å². The van der Waals surface area contributed by atoms with Crippen molar-refractivity contribution in [1.29, 1.82) is 0 Å². The lowest BCUT2D eigenvalue weighted by atomic mass is 10.2. The van der Waals surface area contributed by atoms with Crippen LogP contribution in [0.15, 0.2) is 23.2 Å². The van der Waals surface area contributed by atoms with Crippen molar-refractivity contribution >= 4 is 40.6 Å². The predicted molar refractivity (Wildman–Crippen MR) is 57.5 cm³/mol. The van der Waals surface area contributed by atoms with Crippen LogP contribution in [0, 0.1) is 0 Å². The normalized spacial score (nSPS) is 9.00. The van der Waals surface area contributed by atoms with E-state index in [1.807, 2.05) is 0 Å². The number of para-hydroxylation sites is 1. The number of rotatable bonds is 2. The maximum atomic E-state index is 11.3. The van der Waals surface area contributed by atoms with Crippen LogP contribution in [0.4, 0.5) is 5.69 Å². The first-order chi connectivity index (χ1) is 6.70. The lowest BCUT2D eigenvalue weighted by Crippen LogP contribution is -2.01. The predicted octanol–water partition coefficient (Wildman–Crippen LogP) is 2.86. The average Bonchev–Trinajstić information content (AvgIpc) is 2.20. The van der Waals surface area contributed by atoms with Crippen molar-refractivity contribution in [2.24, 2.45) is 4.99 Å². The third-order valence-electron chi connectivity index (χ3n) is 1.55. The van der Waals surface area contributed by atoms with E-state index in [0.717, 1.165) is 0 Å². The number of aliphatic imine (C=N–C) groups is 1. The minimum Gasteiger partial charge on any atom is -0.465 e. The van der Waals surface area contributed by atoms with Crippen molar-refractivity contribution in [2.75, 3.05) is 7.11 Å². The molecule has 1 aromatic rings. The summed E-state index contributed by atoms with van der Waals surface area (Å²) in [6, 6.07) is 4.81. The number of isothiocyanates is 1. The summed E-state index contributed by atoms with van der Waals surface area (Å²) >= 11 is 10.3. The number of halogens is 1. The molecule has 5 heteroatoms. The molecule has 0 amide bonds. The van der Waals surface area contributed by atoms with Crippen molar-refractivity contribution in [3.8, 4) is 0 Å². The van der Waals surface area contributed by atoms with E-state index >= 15 is 0 Å². The highest BCUT2D eigenvalue weighted by atomic mass is 35.5. The zero-order valence-electron chi connectivity index (χ0n) is 7.28. The van der Waals surface area contributed by atoms with Gasteiger partial charge in [0.05, 0.1) is 22.9 Å². The van der Waals surface area contributed by atoms with Crippen LogP contribution in [0.3, 0.4) is 0 Å². The molecule has 0 radical (unpaired) electrons. The van der Waals surface area contributed by atoms with Gasteiger partial charge in [-0.05, 0) is 24.4 Å². The Morgan fingerprint density at radius 1 is 1.64 bits per heavy atom. The number of hydrogen-bond acceptors (Lipinski definition) is 4. The van der Waals surface area contributed by atoms with E-state index in [1.165, 1.54) is 7.11 Å². The van der Waals surface area contributed by atoms with E-state index in [9.17, 15) is 4.79 Å². The first-order valence-corrected chi connectivity index (χ1v) is 4.44. The fourth-order valence-electron chi connectivity index (χ4n) is 0.949. The summed E-state index contributed by atoms with van der Waals surface area (Å²) in [6.45, 7) is 0. The molecule has 0 fully saturated rings. The maximum absolute atomic E-state index is 11.3. The molecule has 1 rings (SSSR count). The Balaban J connectivity index is 3.34. The summed E-state index contributed by atoms with van der Waals surface area (Å²) in [5.74, 6) is -0.503. The number of nitrogens with zero attached hydrogens (tertiary/aromatic N) is 1. The largest absolute Gasteiger partial charge is 0.465 e. The second-order valence-electron chi connectivity index (χ2n) is 2.33. The molecule has 0 saturated carbocycles. The van der Waals surface area contributed by atoms with Gasteiger partial charge in [0.15, 0.2) is 0 Å². The van der Waals surface area contributed by atoms with Crippen molar-refractivity contribution in [3.63, 3.8) is 0 Å². The first-order valence-electron chi connectivity index (χ1n) is 3.65. The summed E-state index contributed by atoms with van der Waals surface area (Å²) in [6.07, 6.45) is 0. The van der Waals surface area contributed by atoms with Crippen LogP contribution < -0.4 is 0 Å². The molecule has 0 aliphatic rings. The molecule has 0 aliphatic carbocycles. The van der Waals surface area contributed by atoms with Crippen LogP contribution >= 0.6 is 23.8 Å². The van der Waals surface area contributed by atoms with Crippen LogP contribution in [0.1, 0.15) is 10.4 Å². The number of benzene rings is 1. The third kappa shape index (κ3) is 2.17. The number of carbonyl (C=O) groups is 1. The van der Waals surface area contributed by atoms with Crippen molar-refractivity contribution in [1.82, 2.24) is 0 Å². The molecular formula is C9H6ClNO2S. The Morgan fingerprint density at radius 2 is 2.36 bits per heavy atom. The van der Waals surface area contributed by atoms with E-state index < -0.39 is 5.97 Å². The summed E-state index contributed by atoms with van der Waals surface area (Å²) in [5, 5.41) is 2.50. The molecule has 14 heavy (non-hydrogen) atoms. The Bertz CT molecular complexity index is 413. The van der Waals surface area contributed by atoms with E-state index in [0.29, 0.717) is 5.02 Å². The smallest absolute Gasteiger partial charge is 0.340 e. The van der Waals surface area contributed by atoms with Gasteiger partial charge in [0.1, 0.15) is 5.69 Å². The van der Waals surface area contributed by atoms with Crippen LogP contribution in [-0.2, 0) is 4.74 Å². The molecule has 0 bridgehead atoms. The van der Waals surface area contributed by atoms with E-state index in [-0.39, 0.29) is 11.3 Å². The van der Waals surface area contributed by atoms with Gasteiger partial charge in [0.25, 0.3) is 0 Å². The van der Waals surface area contributed by atoms with Gasteiger partial charge in [-0.15, -0.1) is 0 Å². The highest BCUT2D eigenvalue weighted by molar-refractivity contribution is 7.78. The molecular weight excluding hydrogens is 222 g/mol. The number of methoxy groups -OCH3 is 1. The Morgan fingerprint density at radius 3 is 2.93 bits per heavy atom. The first kappa shape index (κ1) is 10.9. The molecule has 0 unspecified atom stereocenters. The van der Waals surface area contributed by atoms with Gasteiger partial charge in [-0.2, -0.15) is 4.99 Å². The summed E-state index contributed by atoms with van der Waals surface area (Å²) in [5.41, 5.74) is 0.563. The Labute approximate surface area is 91.4 Å². The summed E-state index contributed by atoms with van der Waals surface area (Å²) < 4.78 is 4.56. The fraction of sp³-hybridized carbons (Fsp3) is 0.111. The minimum atomic E-state index is -0.503. The number of thiocarbonyl (C=S) groups is 1. The lowest BCUT2D eigenvalue weighted by molar-refractivity contribution is 0.0602. The second-order valence-corrected chi connectivity index (χ2v) is 2.92. The Kier molecular flexibility index (Phi) is 3.77. The van der Waals surface area contributed by atoms with Gasteiger partial charge in [-0.25, -0.2) is 4.79 Å². The number of esters is 1. The Hall–Kier alpha value is -1.22. The third-order valence-corrected chi connectivity index (χ3v) is 1.95. The molecule has 0 saturated heterocycles. The van der Waals surface area contributed by atoms with Gasteiger partial charge in [0.2, 0.25) is 0 Å². The lowest BCUT2D eigenvalue weighted by Gasteiger charge is -2.03. The highest BCUT2D eigenvalue weighted by Crippen LogP contribution is 2.28. The zero-order valence-corrected chi connectivity index (χ0v) is 8.85. The summed E-state index contributed by atoms with van der Waals surface area (Å²) in [4.78, 5) is 15.0. The molecule has 72 valence electrons. The molecule has 0 heterocycles. The van der Waals surface area contributed by atoms with Crippen LogP contribution in [0.25, 0.3) is 0 Å². The topological polar surface area (TPSA) is 38.7 Å². The number of ether oxygens (including phenoxy) is 1. The molecule has 0 N–H and O–H groups in total. The van der Waals surface area contributed by atoms with Crippen molar-refractivity contribution in [3.05, 3.63) is 28.8 Å². The van der Waals surface area contributed by atoms with Crippen LogP contribution in [0.5, 0.6) is 0 Å². The zero-order chi connectivity index (χ0) is 10.6. The van der Waals surface area contributed by atoms with Gasteiger partial charge in [-0.1, -0.05) is 17.7 Å². The van der Waals surface area contributed by atoms with E-state index in [2.05, 4.69) is 27.1 Å². The molecule has 1 aromatic carbocycles. The number of carbonyl (C=O) groups excluding carboxylic acids is 1. The quantitative estimate of drug-likeness (QED) is 0.443. The van der Waals surface area contributed by atoms with Gasteiger partial charge in [0, 0.05) is 0 Å². The number of hydrogen-bond donors (Lipinski definition) is 0. The molecule has 0 spiro atoms. The minimum absolute atomic E-state index is 0.275. The van der Waals surface area contributed by atoms with Gasteiger partial charge in [-0.3, -0.25) is 0 Å². The highest BCUT2D eigenvalue weighted by Gasteiger charge is 2.13. The molecule has 3 nitrogen and oxygen atoms in total. The van der Waals surface area contributed by atoms with Crippen molar-refractivity contribution < 1.29 is 9.53 Å². The van der Waals surface area contributed by atoms with Crippen molar-refractivity contribution in [2.45, 2.75) is 0 Å². The SMILES string of the molecule is COC(=O)c1cccc(Cl)c1N=C=S. The van der Waals surface area contributed by atoms with Gasteiger partial charge < -0.3 is 4.74 Å². The summed E-state index contributed by atoms with van der Waals surface area (Å²) in [7, 11) is 1.29. The molecule has 0 aliphatic heterocycles. The standard InChI is InChI=1S/C9H6ClNO2S/c1-13-9(12)6-3-2-4-7(10)8(6)11-5-14/h2-4H,1H3. The monoisotopic (exact) mass is 227 g/mol. The fourth-order valence-corrected chi connectivity index (χ4v) is 1.26. The average molecular weight is 228 g/mol. The van der Waals surface area contributed by atoms with E-state index in [4.69, 9.17) is 11.6 Å². The van der Waals surface area contributed by atoms with Crippen LogP contribution in [-0.4, -0.2) is 18.2 Å². The molecule has 0 atom stereocenters. The molecule has 0 aromatic heterocycles.